The fourth-order valence-electron chi connectivity index (χ4n) is 1.76. The van der Waals surface area contributed by atoms with Crippen molar-refractivity contribution >= 4 is 29.0 Å². The molecule has 0 atom stereocenters. The van der Waals surface area contributed by atoms with E-state index in [1.165, 1.54) is 0 Å². The molecule has 108 valence electrons. The summed E-state index contributed by atoms with van der Waals surface area (Å²) < 4.78 is 0. The molecule has 1 aromatic rings. The Morgan fingerprint density at radius 3 is 2.40 bits per heavy atom. The number of hydrogen-bond acceptors (Lipinski definition) is 3. The number of hydrogen-bond donors (Lipinski definition) is 2. The van der Waals surface area contributed by atoms with Crippen LogP contribution < -0.4 is 11.1 Å². The van der Waals surface area contributed by atoms with Crippen LogP contribution >= 0.6 is 12.2 Å². The van der Waals surface area contributed by atoms with Gasteiger partial charge in [-0.2, -0.15) is 0 Å². The van der Waals surface area contributed by atoms with Crippen LogP contribution in [0.3, 0.4) is 0 Å². The van der Waals surface area contributed by atoms with Crippen LogP contribution in [0.1, 0.15) is 29.8 Å². The van der Waals surface area contributed by atoms with Gasteiger partial charge in [0.2, 0.25) is 5.91 Å². The molecule has 0 saturated heterocycles. The third-order valence-electron chi connectivity index (χ3n) is 2.93. The molecule has 0 aliphatic heterocycles. The van der Waals surface area contributed by atoms with E-state index < -0.39 is 0 Å². The first kappa shape index (κ1) is 16.1. The lowest BCUT2D eigenvalue weighted by atomic mass is 10.1. The number of likely N-dealkylation sites (N-methyl/N-ethyl adjacent to an activating group) is 1. The summed E-state index contributed by atoms with van der Waals surface area (Å²) in [6.45, 7) is 5.03. The molecule has 0 fully saturated rings. The maximum Gasteiger partial charge on any atom is 0.251 e. The van der Waals surface area contributed by atoms with E-state index in [1.807, 2.05) is 13.8 Å². The van der Waals surface area contributed by atoms with E-state index >= 15 is 0 Å². The predicted octanol–water partition coefficient (Wildman–Crippen LogP) is 0.919. The monoisotopic (exact) mass is 293 g/mol. The van der Waals surface area contributed by atoms with Crippen LogP contribution in [0.4, 0.5) is 0 Å². The average Bonchev–Trinajstić information content (AvgIpc) is 2.46. The highest BCUT2D eigenvalue weighted by molar-refractivity contribution is 7.80. The number of carbonyl (C=O) groups excluding carboxylic acids is 2. The first-order valence-electron chi connectivity index (χ1n) is 6.45. The highest BCUT2D eigenvalue weighted by atomic mass is 32.1. The Morgan fingerprint density at radius 2 is 1.85 bits per heavy atom. The second-order valence-corrected chi connectivity index (χ2v) is 4.63. The van der Waals surface area contributed by atoms with Gasteiger partial charge < -0.3 is 16.0 Å². The number of thiocarbonyl (C=S) groups is 1. The van der Waals surface area contributed by atoms with Crippen molar-refractivity contribution in [3.05, 3.63) is 35.4 Å². The second kappa shape index (κ2) is 7.59. The zero-order valence-electron chi connectivity index (χ0n) is 11.7. The maximum atomic E-state index is 12.0. The fraction of sp³-hybridized carbons (Fsp3) is 0.357. The summed E-state index contributed by atoms with van der Waals surface area (Å²) in [6, 6.07) is 6.70. The molecule has 0 saturated carbocycles. The first-order chi connectivity index (χ1) is 9.49. The van der Waals surface area contributed by atoms with Gasteiger partial charge in [0, 0.05) is 24.2 Å². The Bertz CT molecular complexity index is 513. The van der Waals surface area contributed by atoms with Gasteiger partial charge in [0.15, 0.2) is 0 Å². The Balaban J connectivity index is 2.65. The largest absolute Gasteiger partial charge is 0.389 e. The number of rotatable bonds is 6. The van der Waals surface area contributed by atoms with Crippen LogP contribution in [0.25, 0.3) is 0 Å². The van der Waals surface area contributed by atoms with E-state index in [1.54, 1.807) is 29.2 Å². The van der Waals surface area contributed by atoms with Crippen LogP contribution in [-0.2, 0) is 4.79 Å². The number of nitrogens with two attached hydrogens (primary N) is 1. The topological polar surface area (TPSA) is 75.4 Å². The van der Waals surface area contributed by atoms with Crippen LogP contribution in [0.5, 0.6) is 0 Å². The lowest BCUT2D eigenvalue weighted by Gasteiger charge is -2.18. The Labute approximate surface area is 124 Å². The molecule has 1 rings (SSSR count). The molecule has 0 aromatic heterocycles. The van der Waals surface area contributed by atoms with E-state index in [0.717, 1.165) is 0 Å². The second-order valence-electron chi connectivity index (χ2n) is 4.19. The van der Waals surface area contributed by atoms with Gasteiger partial charge >= 0.3 is 0 Å². The third kappa shape index (κ3) is 4.31. The van der Waals surface area contributed by atoms with Gasteiger partial charge in [0.05, 0.1) is 6.54 Å². The van der Waals surface area contributed by atoms with E-state index in [9.17, 15) is 9.59 Å². The first-order valence-corrected chi connectivity index (χ1v) is 6.86. The highest BCUT2D eigenvalue weighted by Gasteiger charge is 2.12. The lowest BCUT2D eigenvalue weighted by Crippen LogP contribution is -2.40. The quantitative estimate of drug-likeness (QED) is 0.765. The van der Waals surface area contributed by atoms with Crippen molar-refractivity contribution in [1.82, 2.24) is 10.2 Å². The minimum absolute atomic E-state index is 0.0161. The number of nitrogens with zero attached hydrogens (tertiary/aromatic N) is 1. The van der Waals surface area contributed by atoms with Crippen molar-refractivity contribution in [2.24, 2.45) is 5.73 Å². The minimum Gasteiger partial charge on any atom is -0.389 e. The van der Waals surface area contributed by atoms with E-state index in [-0.39, 0.29) is 23.3 Å². The molecule has 0 spiro atoms. The van der Waals surface area contributed by atoms with E-state index in [4.69, 9.17) is 18.0 Å². The summed E-state index contributed by atoms with van der Waals surface area (Å²) in [4.78, 5) is 25.6. The number of nitrogens with one attached hydrogen (secondary N) is 1. The zero-order chi connectivity index (χ0) is 15.1. The molecule has 3 N–H and O–H groups in total. The van der Waals surface area contributed by atoms with Crippen molar-refractivity contribution in [1.29, 1.82) is 0 Å². The van der Waals surface area contributed by atoms with Crippen LogP contribution in [0, 0.1) is 0 Å². The van der Waals surface area contributed by atoms with Gasteiger partial charge in [-0.1, -0.05) is 24.4 Å². The van der Waals surface area contributed by atoms with E-state index in [2.05, 4.69) is 5.32 Å². The van der Waals surface area contributed by atoms with Gasteiger partial charge in [-0.25, -0.2) is 0 Å². The van der Waals surface area contributed by atoms with E-state index in [0.29, 0.717) is 24.2 Å². The van der Waals surface area contributed by atoms with Crippen molar-refractivity contribution in [2.45, 2.75) is 13.8 Å². The molecule has 5 nitrogen and oxygen atoms in total. The summed E-state index contributed by atoms with van der Waals surface area (Å²) in [7, 11) is 0. The fourth-order valence-corrected chi connectivity index (χ4v) is 1.89. The molecule has 0 unspecified atom stereocenters. The zero-order valence-corrected chi connectivity index (χ0v) is 12.5. The summed E-state index contributed by atoms with van der Waals surface area (Å²) in [5.41, 5.74) is 6.58. The van der Waals surface area contributed by atoms with Crippen molar-refractivity contribution in [3.8, 4) is 0 Å². The van der Waals surface area contributed by atoms with Gasteiger partial charge in [0.1, 0.15) is 4.99 Å². The molecule has 0 radical (unpaired) electrons. The van der Waals surface area contributed by atoms with Crippen molar-refractivity contribution in [3.63, 3.8) is 0 Å². The summed E-state index contributed by atoms with van der Waals surface area (Å²) in [5.74, 6) is -0.419. The Kier molecular flexibility index (Phi) is 6.11. The Morgan fingerprint density at radius 1 is 1.25 bits per heavy atom. The minimum atomic E-state index is -0.316. The maximum absolute atomic E-state index is 12.0. The average molecular weight is 293 g/mol. The molecule has 20 heavy (non-hydrogen) atoms. The standard InChI is InChI=1S/C14H19N3O2S/c1-3-17(4-2)12(18)9-16-14(19)11-7-5-6-10(8-11)13(15)20/h5-8H,3-4,9H2,1-2H3,(H2,15,20)(H,16,19). The molecule has 0 aliphatic rings. The van der Waals surface area contributed by atoms with Crippen LogP contribution in [0.2, 0.25) is 0 Å². The highest BCUT2D eigenvalue weighted by Crippen LogP contribution is 2.05. The lowest BCUT2D eigenvalue weighted by molar-refractivity contribution is -0.129. The van der Waals surface area contributed by atoms with Gasteiger partial charge in [-0.15, -0.1) is 0 Å². The van der Waals surface area contributed by atoms with Gasteiger partial charge in [-0.05, 0) is 26.0 Å². The molecule has 6 heteroatoms. The molecule has 0 bridgehead atoms. The molecular formula is C14H19N3O2S. The summed E-state index contributed by atoms with van der Waals surface area (Å²) in [5, 5.41) is 2.60. The molecule has 0 heterocycles. The van der Waals surface area contributed by atoms with Crippen molar-refractivity contribution in [2.75, 3.05) is 19.6 Å². The predicted molar refractivity (Wildman–Crippen MR) is 82.6 cm³/mol. The molecule has 2 amide bonds. The summed E-state index contributed by atoms with van der Waals surface area (Å²) >= 11 is 4.87. The normalized spacial score (nSPS) is 9.90. The number of carbonyl (C=O) groups is 2. The van der Waals surface area contributed by atoms with Crippen LogP contribution in [-0.4, -0.2) is 41.3 Å². The summed E-state index contributed by atoms with van der Waals surface area (Å²) in [6.07, 6.45) is 0. The SMILES string of the molecule is CCN(CC)C(=O)CNC(=O)c1cccc(C(N)=S)c1. The van der Waals surface area contributed by atoms with Gasteiger partial charge in [0.25, 0.3) is 5.91 Å². The third-order valence-corrected chi connectivity index (χ3v) is 3.16. The molecular weight excluding hydrogens is 274 g/mol. The number of benzene rings is 1. The van der Waals surface area contributed by atoms with Crippen molar-refractivity contribution < 1.29 is 9.59 Å². The van der Waals surface area contributed by atoms with Crippen LogP contribution in [0.15, 0.2) is 24.3 Å². The smallest absolute Gasteiger partial charge is 0.251 e. The molecule has 0 aliphatic carbocycles. The number of amides is 2. The van der Waals surface area contributed by atoms with Gasteiger partial charge in [-0.3, -0.25) is 9.59 Å². The molecule has 1 aromatic carbocycles. The Hall–Kier alpha value is -1.95.